The van der Waals surface area contributed by atoms with Crippen LogP contribution in [-0.2, 0) is 11.3 Å². The number of amides is 2. The highest BCUT2D eigenvalue weighted by atomic mass is 19.1. The highest BCUT2D eigenvalue weighted by Crippen LogP contribution is 2.48. The van der Waals surface area contributed by atoms with Crippen molar-refractivity contribution in [1.29, 1.82) is 5.26 Å². The fourth-order valence-electron chi connectivity index (χ4n) is 6.10. The van der Waals surface area contributed by atoms with Crippen LogP contribution in [-0.4, -0.2) is 29.1 Å². The first kappa shape index (κ1) is 28.1. The van der Waals surface area contributed by atoms with Gasteiger partial charge in [0.25, 0.3) is 5.91 Å². The minimum atomic E-state index is -1.94. The van der Waals surface area contributed by atoms with Crippen molar-refractivity contribution in [3.63, 3.8) is 0 Å². The molecule has 5 rings (SSSR count). The molecule has 212 valence electrons. The number of halogens is 1. The molecule has 3 aliphatic rings. The van der Waals surface area contributed by atoms with E-state index in [1.165, 1.54) is 17.2 Å². The molecular weight excluding hydrogens is 521 g/mol. The second-order valence-corrected chi connectivity index (χ2v) is 11.0. The Morgan fingerprint density at radius 3 is 2.51 bits per heavy atom. The van der Waals surface area contributed by atoms with E-state index in [1.807, 2.05) is 24.3 Å². The fraction of sp³-hybridized carbons (Fsp3) is 0.323. The molecule has 1 heterocycles. The van der Waals surface area contributed by atoms with E-state index in [2.05, 4.69) is 5.43 Å². The van der Waals surface area contributed by atoms with Crippen LogP contribution in [0, 0.1) is 17.2 Å². The van der Waals surface area contributed by atoms with Crippen LogP contribution in [0.5, 0.6) is 0 Å². The Hall–Kier alpha value is -4.46. The summed E-state index contributed by atoms with van der Waals surface area (Å²) in [5.41, 5.74) is 26.3. The lowest BCUT2D eigenvalue weighted by Gasteiger charge is -2.49. The maximum atomic E-state index is 16.7. The molecule has 0 spiro atoms. The Balaban J connectivity index is 1.46. The zero-order chi connectivity index (χ0) is 29.4. The first-order chi connectivity index (χ1) is 19.6. The second kappa shape index (κ2) is 10.8. The van der Waals surface area contributed by atoms with E-state index in [1.54, 1.807) is 42.5 Å². The molecule has 4 atom stereocenters. The van der Waals surface area contributed by atoms with Crippen molar-refractivity contribution < 1.29 is 14.0 Å². The van der Waals surface area contributed by atoms with Gasteiger partial charge in [-0.1, -0.05) is 42.5 Å². The van der Waals surface area contributed by atoms with Crippen molar-refractivity contribution in [3.8, 4) is 6.07 Å². The van der Waals surface area contributed by atoms with Gasteiger partial charge in [0.05, 0.1) is 5.69 Å². The molecule has 2 amide bonds. The molecular formula is C31H34FN7O2. The van der Waals surface area contributed by atoms with E-state index in [4.69, 9.17) is 22.9 Å². The van der Waals surface area contributed by atoms with Gasteiger partial charge < -0.3 is 22.9 Å². The number of hydrazine groups is 1. The van der Waals surface area contributed by atoms with Gasteiger partial charge in [-0.3, -0.25) is 20.0 Å². The van der Waals surface area contributed by atoms with Crippen molar-refractivity contribution >= 4 is 17.5 Å². The van der Waals surface area contributed by atoms with Crippen molar-refractivity contribution in [1.82, 2.24) is 5.43 Å². The number of nitrogens with two attached hydrogens (primary N) is 4. The van der Waals surface area contributed by atoms with Crippen LogP contribution in [0.1, 0.15) is 53.1 Å². The predicted molar refractivity (Wildman–Crippen MR) is 154 cm³/mol. The number of allylic oxidation sites excluding steroid dienone is 3. The van der Waals surface area contributed by atoms with Crippen molar-refractivity contribution in [2.24, 2.45) is 28.9 Å². The number of nitriles is 1. The Morgan fingerprint density at radius 1 is 1.17 bits per heavy atom. The summed E-state index contributed by atoms with van der Waals surface area (Å²) in [6, 6.07) is 16.3. The second-order valence-electron chi connectivity index (χ2n) is 11.0. The largest absolute Gasteiger partial charge is 0.367 e. The number of benzene rings is 2. The smallest absolute Gasteiger partial charge is 0.251 e. The van der Waals surface area contributed by atoms with E-state index in [0.29, 0.717) is 35.6 Å². The number of carbonyl (C=O) groups is 2. The molecule has 9 nitrogen and oxygen atoms in total. The third-order valence-electron chi connectivity index (χ3n) is 8.48. The number of hydrogen-bond donors (Lipinski definition) is 5. The number of alkyl halides is 1. The van der Waals surface area contributed by atoms with Gasteiger partial charge in [0.15, 0.2) is 5.54 Å². The van der Waals surface area contributed by atoms with Gasteiger partial charge in [-0.25, -0.2) is 4.39 Å². The maximum Gasteiger partial charge on any atom is 0.251 e. The summed E-state index contributed by atoms with van der Waals surface area (Å²) in [4.78, 5) is 24.8. The molecule has 9 N–H and O–H groups in total. The zero-order valence-electron chi connectivity index (χ0n) is 22.6. The van der Waals surface area contributed by atoms with E-state index >= 15 is 4.39 Å². The van der Waals surface area contributed by atoms with Crippen LogP contribution in [0.15, 0.2) is 84.1 Å². The SMILES string of the molecule is N#CC1=CC(C(N)=O)(C2(N)C=CC=C(CCC(c3ccc(C(N)=O)cc3)C3CC3)C2F)N(c2cccc(CN)c2)N1. The zero-order valence-corrected chi connectivity index (χ0v) is 22.6. The Labute approximate surface area is 238 Å². The van der Waals surface area contributed by atoms with Gasteiger partial charge in [0, 0.05) is 12.1 Å². The van der Waals surface area contributed by atoms with Crippen molar-refractivity contribution in [3.05, 3.63) is 101 Å². The molecule has 0 radical (unpaired) electrons. The summed E-state index contributed by atoms with van der Waals surface area (Å²) in [5.74, 6) is -0.755. The third-order valence-corrected chi connectivity index (χ3v) is 8.48. The quantitative estimate of drug-likeness (QED) is 0.299. The number of anilines is 1. The van der Waals surface area contributed by atoms with Gasteiger partial charge in [-0.05, 0) is 84.6 Å². The molecule has 2 aromatic rings. The van der Waals surface area contributed by atoms with Crippen LogP contribution >= 0.6 is 0 Å². The number of nitrogens with one attached hydrogen (secondary N) is 1. The first-order valence-corrected chi connectivity index (χ1v) is 13.6. The molecule has 0 saturated heterocycles. The third kappa shape index (κ3) is 4.88. The molecule has 0 aromatic heterocycles. The Morgan fingerprint density at radius 2 is 1.90 bits per heavy atom. The van der Waals surface area contributed by atoms with Gasteiger partial charge in [0.2, 0.25) is 5.91 Å². The van der Waals surface area contributed by atoms with E-state index < -0.39 is 29.1 Å². The number of rotatable bonds is 10. The average molecular weight is 556 g/mol. The molecule has 41 heavy (non-hydrogen) atoms. The van der Waals surface area contributed by atoms with Gasteiger partial charge in [-0.2, -0.15) is 5.26 Å². The minimum absolute atomic E-state index is 0.0247. The number of nitrogens with zero attached hydrogens (tertiary/aromatic N) is 2. The monoisotopic (exact) mass is 555 g/mol. The molecule has 1 fully saturated rings. The summed E-state index contributed by atoms with van der Waals surface area (Å²) in [7, 11) is 0. The summed E-state index contributed by atoms with van der Waals surface area (Å²) < 4.78 is 16.7. The maximum absolute atomic E-state index is 16.7. The average Bonchev–Trinajstić information content (AvgIpc) is 3.73. The van der Waals surface area contributed by atoms with E-state index in [-0.39, 0.29) is 18.2 Å². The lowest BCUT2D eigenvalue weighted by molar-refractivity contribution is -0.123. The normalized spacial score (nSPS) is 26.0. The van der Waals surface area contributed by atoms with Crippen LogP contribution in [0.2, 0.25) is 0 Å². The number of hydrogen-bond acceptors (Lipinski definition) is 7. The van der Waals surface area contributed by atoms with Gasteiger partial charge in [0.1, 0.15) is 23.5 Å². The molecule has 1 saturated carbocycles. The van der Waals surface area contributed by atoms with Gasteiger partial charge >= 0.3 is 0 Å². The molecule has 2 aromatic carbocycles. The minimum Gasteiger partial charge on any atom is -0.367 e. The summed E-state index contributed by atoms with van der Waals surface area (Å²) in [5, 5.41) is 11.1. The van der Waals surface area contributed by atoms with Crippen LogP contribution in [0.25, 0.3) is 0 Å². The summed E-state index contributed by atoms with van der Waals surface area (Å²) in [6.45, 7) is 0.240. The Kier molecular flexibility index (Phi) is 7.43. The lowest BCUT2D eigenvalue weighted by Crippen LogP contribution is -2.76. The van der Waals surface area contributed by atoms with Crippen LogP contribution in [0.3, 0.4) is 0 Å². The van der Waals surface area contributed by atoms with Crippen LogP contribution in [0.4, 0.5) is 10.1 Å². The Bertz CT molecular complexity index is 1490. The van der Waals surface area contributed by atoms with E-state index in [9.17, 15) is 14.9 Å². The summed E-state index contributed by atoms with van der Waals surface area (Å²) >= 11 is 0. The summed E-state index contributed by atoms with van der Waals surface area (Å²) in [6.07, 6.45) is 7.53. The van der Waals surface area contributed by atoms with Gasteiger partial charge in [-0.15, -0.1) is 0 Å². The predicted octanol–water partition coefficient (Wildman–Crippen LogP) is 2.71. The number of primary amides is 2. The highest BCUT2D eigenvalue weighted by molar-refractivity contribution is 5.95. The topological polar surface area (TPSA) is 177 Å². The van der Waals surface area contributed by atoms with E-state index in [0.717, 1.165) is 24.0 Å². The van der Waals surface area contributed by atoms with Crippen molar-refractivity contribution in [2.75, 3.05) is 5.01 Å². The fourth-order valence-corrected chi connectivity index (χ4v) is 6.10. The molecule has 1 aliphatic heterocycles. The highest BCUT2D eigenvalue weighted by Gasteiger charge is 2.63. The molecule has 10 heteroatoms. The van der Waals surface area contributed by atoms with Crippen molar-refractivity contribution in [2.45, 2.75) is 55.4 Å². The lowest BCUT2D eigenvalue weighted by atomic mass is 9.68. The number of carbonyl (C=O) groups excluding carboxylic acids is 2. The standard InChI is InChI=1S/C31H34FN7O2/c32-27-22(12-13-26(20-6-7-20)21-8-10-23(11-9-21)28(35)40)4-2-14-30(27,37)31(29(36)41)16-24(18-34)38-39(31)25-5-1-3-19(15-25)17-33/h1-5,8-11,14-16,20,26-27,38H,6-7,12-13,17,33,37H2,(H2,35,40)(H2,36,41). The first-order valence-electron chi connectivity index (χ1n) is 13.6. The molecule has 4 unspecified atom stereocenters. The van der Waals surface area contributed by atoms with Crippen LogP contribution < -0.4 is 33.4 Å². The molecule has 0 bridgehead atoms. The molecule has 2 aliphatic carbocycles.